The SMILES string of the molecule is CC(C)(C)NC(=O)[C@@H]1CC2CCCCC2CN1C[C@@H](O)[C@H](Cc1ccccc1)NC(=O)[C@@H](NC(=O)CNCc1ccccc1)C(C)(C)S(C)(=O)=O. The quantitative estimate of drug-likeness (QED) is 0.188. The lowest BCUT2D eigenvalue weighted by atomic mass is 9.72. The van der Waals surface area contributed by atoms with Gasteiger partial charge in [-0.15, -0.1) is 0 Å². The van der Waals surface area contributed by atoms with E-state index in [1.54, 1.807) is 0 Å². The number of hydrogen-bond acceptors (Lipinski definition) is 8. The molecule has 4 rings (SSSR count). The number of aliphatic hydroxyl groups is 1. The van der Waals surface area contributed by atoms with E-state index >= 15 is 0 Å². The van der Waals surface area contributed by atoms with Gasteiger partial charge in [0.25, 0.3) is 0 Å². The van der Waals surface area contributed by atoms with Crippen molar-refractivity contribution in [2.45, 2.75) is 114 Å². The summed E-state index contributed by atoms with van der Waals surface area (Å²) in [5.41, 5.74) is 1.42. The molecule has 1 saturated heterocycles. The number of likely N-dealkylation sites (tertiary alicyclic amines) is 1. The number of carbonyl (C=O) groups excluding carboxylic acids is 3. The average Bonchev–Trinajstić information content (AvgIpc) is 3.06. The zero-order valence-corrected chi connectivity index (χ0v) is 32.0. The summed E-state index contributed by atoms with van der Waals surface area (Å²) >= 11 is 0. The number of benzene rings is 2. The van der Waals surface area contributed by atoms with E-state index in [2.05, 4.69) is 26.2 Å². The van der Waals surface area contributed by atoms with Gasteiger partial charge in [0.1, 0.15) is 6.04 Å². The number of fused-ring (bicyclic) bond motifs is 1. The van der Waals surface area contributed by atoms with Crippen LogP contribution in [0.15, 0.2) is 60.7 Å². The van der Waals surface area contributed by atoms with Gasteiger partial charge in [0.05, 0.1) is 29.5 Å². The number of rotatable bonds is 15. The van der Waals surface area contributed by atoms with Crippen molar-refractivity contribution in [2.75, 3.05) is 25.9 Å². The van der Waals surface area contributed by atoms with E-state index in [1.807, 2.05) is 81.4 Å². The highest BCUT2D eigenvalue weighted by atomic mass is 32.2. The summed E-state index contributed by atoms with van der Waals surface area (Å²) in [4.78, 5) is 43.1. The second kappa shape index (κ2) is 17.5. The smallest absolute Gasteiger partial charge is 0.244 e. The number of aliphatic hydroxyl groups excluding tert-OH is 1. The Kier molecular flexibility index (Phi) is 13.9. The molecule has 0 aromatic heterocycles. The third-order valence-electron chi connectivity index (χ3n) is 10.5. The lowest BCUT2D eigenvalue weighted by Gasteiger charge is -2.47. The van der Waals surface area contributed by atoms with Gasteiger partial charge in [-0.3, -0.25) is 19.3 Å². The number of carbonyl (C=O) groups is 3. The number of nitrogens with one attached hydrogen (secondary N) is 4. The Bertz CT molecular complexity index is 1560. The van der Waals surface area contributed by atoms with Gasteiger partial charge in [-0.1, -0.05) is 79.9 Å². The minimum absolute atomic E-state index is 0.0686. The summed E-state index contributed by atoms with van der Waals surface area (Å²) in [6.07, 6.45) is 5.39. The number of piperidine rings is 1. The van der Waals surface area contributed by atoms with Crippen molar-refractivity contribution in [2.24, 2.45) is 11.8 Å². The first-order chi connectivity index (χ1) is 23.9. The lowest BCUT2D eigenvalue weighted by molar-refractivity contribution is -0.133. The predicted octanol–water partition coefficient (Wildman–Crippen LogP) is 2.97. The Morgan fingerprint density at radius 2 is 1.47 bits per heavy atom. The number of nitrogens with zero attached hydrogens (tertiary/aromatic N) is 1. The van der Waals surface area contributed by atoms with Crippen molar-refractivity contribution in [3.05, 3.63) is 71.8 Å². The number of β-amino-alcohol motifs (C(OH)–C–C–N with tert-alkyl or cyclic N) is 1. The van der Waals surface area contributed by atoms with Crippen LogP contribution >= 0.6 is 0 Å². The highest BCUT2D eigenvalue weighted by Crippen LogP contribution is 2.39. The van der Waals surface area contributed by atoms with Crippen LogP contribution in [-0.2, 0) is 37.2 Å². The molecule has 6 atom stereocenters. The number of amides is 3. The molecule has 12 heteroatoms. The summed E-state index contributed by atoms with van der Waals surface area (Å²) in [6, 6.07) is 16.2. The van der Waals surface area contributed by atoms with Gasteiger partial charge in [-0.05, 0) is 76.8 Å². The van der Waals surface area contributed by atoms with Gasteiger partial charge in [-0.2, -0.15) is 0 Å². The Hall–Kier alpha value is -3.32. The monoisotopic (exact) mass is 725 g/mol. The van der Waals surface area contributed by atoms with Gasteiger partial charge in [0.15, 0.2) is 9.84 Å². The fourth-order valence-corrected chi connectivity index (χ4v) is 7.90. The summed E-state index contributed by atoms with van der Waals surface area (Å²) in [5, 5.41) is 23.8. The van der Waals surface area contributed by atoms with Crippen LogP contribution < -0.4 is 21.3 Å². The Morgan fingerprint density at radius 1 is 0.882 bits per heavy atom. The van der Waals surface area contributed by atoms with Gasteiger partial charge in [0, 0.05) is 31.4 Å². The molecule has 1 aliphatic heterocycles. The summed E-state index contributed by atoms with van der Waals surface area (Å²) < 4.78 is 24.4. The van der Waals surface area contributed by atoms with Gasteiger partial charge in [-0.25, -0.2) is 8.42 Å². The fraction of sp³-hybridized carbons (Fsp3) is 0.615. The molecule has 2 unspecified atom stereocenters. The van der Waals surface area contributed by atoms with Crippen molar-refractivity contribution in [3.63, 3.8) is 0 Å². The maximum Gasteiger partial charge on any atom is 0.244 e. The zero-order valence-electron chi connectivity index (χ0n) is 31.2. The lowest BCUT2D eigenvalue weighted by Crippen LogP contribution is -2.64. The van der Waals surface area contributed by atoms with E-state index in [-0.39, 0.29) is 25.4 Å². The van der Waals surface area contributed by atoms with E-state index in [4.69, 9.17) is 0 Å². The van der Waals surface area contributed by atoms with E-state index in [0.717, 1.165) is 43.1 Å². The molecule has 1 heterocycles. The second-order valence-corrected chi connectivity index (χ2v) is 18.7. The molecule has 1 aliphatic carbocycles. The highest BCUT2D eigenvalue weighted by Gasteiger charge is 2.46. The van der Waals surface area contributed by atoms with E-state index in [0.29, 0.717) is 31.3 Å². The molecule has 2 aromatic carbocycles. The summed E-state index contributed by atoms with van der Waals surface area (Å²) in [5.74, 6) is -0.438. The molecule has 5 N–H and O–H groups in total. The second-order valence-electron chi connectivity index (χ2n) is 16.1. The zero-order chi connectivity index (χ0) is 37.4. The van der Waals surface area contributed by atoms with Gasteiger partial charge < -0.3 is 26.4 Å². The van der Waals surface area contributed by atoms with Crippen LogP contribution in [0.4, 0.5) is 0 Å². The molecule has 0 bridgehead atoms. The first-order valence-electron chi connectivity index (χ1n) is 18.3. The van der Waals surface area contributed by atoms with Crippen LogP contribution in [0.1, 0.15) is 77.8 Å². The van der Waals surface area contributed by atoms with E-state index in [1.165, 1.54) is 13.8 Å². The van der Waals surface area contributed by atoms with E-state index in [9.17, 15) is 27.9 Å². The molecule has 2 fully saturated rings. The van der Waals surface area contributed by atoms with Crippen LogP contribution in [0.5, 0.6) is 0 Å². The standard InChI is InChI=1S/C39H59N5O6S/c1-38(2,3)43-36(47)32-22-29-19-13-14-20-30(29)25-44(32)26-33(45)31(21-27-15-9-7-10-16-27)41-37(48)35(39(4,5)51(6,49)50)42-34(46)24-40-23-28-17-11-8-12-18-28/h7-12,15-18,29-33,35,40,45H,13-14,19-26H2,1-6H3,(H,41,48)(H,42,46)(H,43,47)/t29?,30?,31-,32-,33+,35+/m0/s1. The molecule has 11 nitrogen and oxygen atoms in total. The predicted molar refractivity (Wildman–Crippen MR) is 200 cm³/mol. The van der Waals surface area contributed by atoms with Crippen LogP contribution in [0.2, 0.25) is 0 Å². The minimum atomic E-state index is -3.85. The van der Waals surface area contributed by atoms with Crippen molar-refractivity contribution >= 4 is 27.6 Å². The molecule has 282 valence electrons. The number of sulfone groups is 1. The average molecular weight is 726 g/mol. The van der Waals surface area contributed by atoms with Crippen LogP contribution in [0.25, 0.3) is 0 Å². The van der Waals surface area contributed by atoms with Crippen LogP contribution in [0.3, 0.4) is 0 Å². The largest absolute Gasteiger partial charge is 0.390 e. The molecular weight excluding hydrogens is 667 g/mol. The molecule has 51 heavy (non-hydrogen) atoms. The molecule has 1 saturated carbocycles. The van der Waals surface area contributed by atoms with Crippen molar-refractivity contribution < 1.29 is 27.9 Å². The van der Waals surface area contributed by atoms with Crippen molar-refractivity contribution in [3.8, 4) is 0 Å². The summed E-state index contributed by atoms with van der Waals surface area (Å²) in [6.45, 7) is 9.78. The Morgan fingerprint density at radius 3 is 2.06 bits per heavy atom. The molecule has 2 aromatic rings. The van der Waals surface area contributed by atoms with E-state index < -0.39 is 56.2 Å². The third kappa shape index (κ3) is 11.6. The van der Waals surface area contributed by atoms with Crippen LogP contribution in [0, 0.1) is 11.8 Å². The van der Waals surface area contributed by atoms with Gasteiger partial charge in [0.2, 0.25) is 17.7 Å². The fourth-order valence-electron chi connectivity index (χ4n) is 7.31. The third-order valence-corrected chi connectivity index (χ3v) is 12.6. The van der Waals surface area contributed by atoms with Gasteiger partial charge >= 0.3 is 0 Å². The van der Waals surface area contributed by atoms with Crippen molar-refractivity contribution in [1.82, 2.24) is 26.2 Å². The molecule has 3 amide bonds. The normalized spacial score (nSPS) is 21.8. The molecule has 0 spiro atoms. The first-order valence-corrected chi connectivity index (χ1v) is 20.2. The maximum absolute atomic E-state index is 14.2. The molecule has 2 aliphatic rings. The van der Waals surface area contributed by atoms with Crippen LogP contribution in [-0.4, -0.2) is 96.6 Å². The topological polar surface area (TPSA) is 157 Å². The first kappa shape index (κ1) is 40.5. The molecular formula is C39H59N5O6S. The Balaban J connectivity index is 1.56. The maximum atomic E-state index is 14.2. The number of hydrogen-bond donors (Lipinski definition) is 5. The Labute approximate surface area is 304 Å². The minimum Gasteiger partial charge on any atom is -0.390 e. The van der Waals surface area contributed by atoms with Crippen molar-refractivity contribution in [1.29, 1.82) is 0 Å². The summed E-state index contributed by atoms with van der Waals surface area (Å²) in [7, 11) is -3.85. The highest BCUT2D eigenvalue weighted by molar-refractivity contribution is 7.92. The molecule has 0 radical (unpaired) electrons.